The van der Waals surface area contributed by atoms with Gasteiger partial charge in [-0.25, -0.2) is 4.79 Å². The monoisotopic (exact) mass is 301 g/mol. The predicted molar refractivity (Wildman–Crippen MR) is 75.7 cm³/mol. The summed E-state index contributed by atoms with van der Waals surface area (Å²) >= 11 is 0. The molecule has 0 bridgehead atoms. The molecule has 0 amide bonds. The van der Waals surface area contributed by atoms with Crippen LogP contribution in [-0.2, 0) is 20.9 Å². The number of esters is 1. The fourth-order valence-electron chi connectivity index (χ4n) is 1.89. The summed E-state index contributed by atoms with van der Waals surface area (Å²) in [7, 11) is 0. The Hall–Kier alpha value is -2.88. The van der Waals surface area contributed by atoms with Crippen molar-refractivity contribution in [3.8, 4) is 6.07 Å². The number of hydrogen-bond donors (Lipinski definition) is 0. The van der Waals surface area contributed by atoms with Crippen LogP contribution in [0.15, 0.2) is 28.7 Å². The molecule has 0 aromatic carbocycles. The van der Waals surface area contributed by atoms with E-state index in [0.29, 0.717) is 12.3 Å². The van der Waals surface area contributed by atoms with Gasteiger partial charge in [0.1, 0.15) is 12.2 Å². The lowest BCUT2D eigenvalue weighted by Crippen LogP contribution is -2.21. The molecule has 1 aliphatic rings. The van der Waals surface area contributed by atoms with Crippen molar-refractivity contribution in [3.63, 3.8) is 0 Å². The van der Waals surface area contributed by atoms with E-state index >= 15 is 0 Å². The van der Waals surface area contributed by atoms with Crippen molar-refractivity contribution in [3.05, 3.63) is 35.5 Å². The molecule has 0 saturated carbocycles. The molecule has 0 atom stereocenters. The molecule has 0 N–H and O–H groups in total. The second kappa shape index (κ2) is 7.22. The van der Waals surface area contributed by atoms with Crippen molar-refractivity contribution < 1.29 is 18.8 Å². The van der Waals surface area contributed by atoms with Crippen LogP contribution in [0.1, 0.15) is 31.1 Å². The Morgan fingerprint density at radius 1 is 1.59 bits per heavy atom. The summed E-state index contributed by atoms with van der Waals surface area (Å²) in [6.07, 6.45) is 6.72. The molecule has 0 saturated heterocycles. The van der Waals surface area contributed by atoms with Gasteiger partial charge in [-0.3, -0.25) is 4.79 Å². The van der Waals surface area contributed by atoms with Crippen molar-refractivity contribution in [2.24, 2.45) is 0 Å². The lowest BCUT2D eigenvalue weighted by Gasteiger charge is -2.19. The highest BCUT2D eigenvalue weighted by Crippen LogP contribution is 2.20. The normalized spacial score (nSPS) is 13.5. The zero-order valence-electron chi connectivity index (χ0n) is 12.1. The van der Waals surface area contributed by atoms with Crippen molar-refractivity contribution in [1.29, 1.82) is 5.26 Å². The summed E-state index contributed by atoms with van der Waals surface area (Å²) in [6, 6.07) is 1.87. The molecule has 0 spiro atoms. The lowest BCUT2D eigenvalue weighted by atomic mass is 10.1. The minimum atomic E-state index is -0.716. The van der Waals surface area contributed by atoms with Gasteiger partial charge in [0, 0.05) is 30.5 Å². The third kappa shape index (κ3) is 3.61. The number of rotatable bonds is 6. The quantitative estimate of drug-likeness (QED) is 0.260. The van der Waals surface area contributed by atoms with E-state index in [-0.39, 0.29) is 30.8 Å². The van der Waals surface area contributed by atoms with E-state index in [2.05, 4.69) is 5.16 Å². The number of carbonyl (C=O) groups is 2. The summed E-state index contributed by atoms with van der Waals surface area (Å²) in [5, 5.41) is 12.1. The molecule has 2 heterocycles. The zero-order chi connectivity index (χ0) is 15.9. The molecule has 0 fully saturated rings. The Bertz CT molecular complexity index is 667. The highest BCUT2D eigenvalue weighted by atomic mass is 16.5. The molecule has 1 aromatic heterocycles. The van der Waals surface area contributed by atoms with Gasteiger partial charge in [0.25, 0.3) is 0 Å². The van der Waals surface area contributed by atoms with Gasteiger partial charge >= 0.3 is 5.97 Å². The van der Waals surface area contributed by atoms with Crippen LogP contribution in [0.3, 0.4) is 0 Å². The van der Waals surface area contributed by atoms with Gasteiger partial charge < -0.3 is 14.2 Å². The maximum absolute atomic E-state index is 12.0. The number of nitriles is 1. The predicted octanol–water partition coefficient (Wildman–Crippen LogP) is 1.78. The average molecular weight is 301 g/mol. The van der Waals surface area contributed by atoms with Crippen LogP contribution in [0, 0.1) is 11.3 Å². The van der Waals surface area contributed by atoms with Crippen LogP contribution in [0.4, 0.5) is 0 Å². The molecule has 7 nitrogen and oxygen atoms in total. The van der Waals surface area contributed by atoms with E-state index < -0.39 is 5.97 Å². The minimum absolute atomic E-state index is 0.0324. The van der Waals surface area contributed by atoms with Crippen molar-refractivity contribution in [2.75, 3.05) is 6.61 Å². The van der Waals surface area contributed by atoms with E-state index in [0.717, 1.165) is 5.56 Å². The highest BCUT2D eigenvalue weighted by molar-refractivity contribution is 6.17. The number of ketones is 1. The Morgan fingerprint density at radius 3 is 3.14 bits per heavy atom. The van der Waals surface area contributed by atoms with Gasteiger partial charge in [-0.1, -0.05) is 12.1 Å². The van der Waals surface area contributed by atoms with Gasteiger partial charge in [0.15, 0.2) is 11.5 Å². The van der Waals surface area contributed by atoms with Crippen LogP contribution in [0.5, 0.6) is 0 Å². The van der Waals surface area contributed by atoms with Gasteiger partial charge in [-0.05, 0) is 0 Å². The third-order valence-electron chi connectivity index (χ3n) is 3.03. The summed E-state index contributed by atoms with van der Waals surface area (Å²) in [6.45, 7) is 2.08. The minimum Gasteiger partial charge on any atom is -0.461 e. The molecular formula is C15H15N3O4. The second-order valence-corrected chi connectivity index (χ2v) is 4.57. The standard InChI is InChI=1S/C15H15N3O4/c1-2-13(19)12(15(20)21-7-3-5-16)10-18-6-4-14-11(9-18)8-17-22-14/h4,6,8,10H,2-3,7,9H2,1H3. The summed E-state index contributed by atoms with van der Waals surface area (Å²) in [5.41, 5.74) is 0.824. The lowest BCUT2D eigenvalue weighted by molar-refractivity contribution is -0.140. The first kappa shape index (κ1) is 15.5. The number of carbonyl (C=O) groups excluding carboxylic acids is 2. The van der Waals surface area contributed by atoms with Crippen LogP contribution < -0.4 is 0 Å². The molecule has 22 heavy (non-hydrogen) atoms. The van der Waals surface area contributed by atoms with Crippen LogP contribution in [-0.4, -0.2) is 28.4 Å². The summed E-state index contributed by atoms with van der Waals surface area (Å²) < 4.78 is 9.95. The number of hydrogen-bond acceptors (Lipinski definition) is 7. The first-order chi connectivity index (χ1) is 10.7. The molecule has 2 rings (SSSR count). The molecule has 114 valence electrons. The topological polar surface area (TPSA) is 96.4 Å². The molecule has 1 aliphatic heterocycles. The molecule has 7 heteroatoms. The first-order valence-electron chi connectivity index (χ1n) is 6.82. The molecule has 0 radical (unpaired) electrons. The SMILES string of the molecule is CCC(=O)C(=CN1C=Cc2oncc2C1)C(=O)OCCC#N. The van der Waals surface area contributed by atoms with E-state index in [1.807, 2.05) is 6.07 Å². The second-order valence-electron chi connectivity index (χ2n) is 4.57. The number of fused-ring (bicyclic) bond motifs is 1. The van der Waals surface area contributed by atoms with Gasteiger partial charge in [-0.2, -0.15) is 5.26 Å². The van der Waals surface area contributed by atoms with Gasteiger partial charge in [0.05, 0.1) is 25.2 Å². The number of Topliss-reactive ketones (excluding diaryl/α,β-unsaturated/α-hetero) is 1. The highest BCUT2D eigenvalue weighted by Gasteiger charge is 2.21. The fraction of sp³-hybridized carbons (Fsp3) is 0.333. The Balaban J connectivity index is 2.14. The van der Waals surface area contributed by atoms with Gasteiger partial charge in [0.2, 0.25) is 0 Å². The third-order valence-corrected chi connectivity index (χ3v) is 3.03. The fourth-order valence-corrected chi connectivity index (χ4v) is 1.89. The molecule has 1 aromatic rings. The smallest absolute Gasteiger partial charge is 0.343 e. The Kier molecular flexibility index (Phi) is 5.09. The summed E-state index contributed by atoms with van der Waals surface area (Å²) in [5.74, 6) is -0.372. The Labute approximate surface area is 127 Å². The summed E-state index contributed by atoms with van der Waals surface area (Å²) in [4.78, 5) is 25.6. The van der Waals surface area contributed by atoms with E-state index in [4.69, 9.17) is 14.5 Å². The molecule has 0 aliphatic carbocycles. The van der Waals surface area contributed by atoms with E-state index in [1.54, 1.807) is 30.3 Å². The van der Waals surface area contributed by atoms with Crippen molar-refractivity contribution in [1.82, 2.24) is 10.1 Å². The number of aromatic nitrogens is 1. The maximum atomic E-state index is 12.0. The number of nitrogens with zero attached hydrogens (tertiary/aromatic N) is 3. The van der Waals surface area contributed by atoms with E-state index in [9.17, 15) is 9.59 Å². The van der Waals surface area contributed by atoms with Crippen molar-refractivity contribution in [2.45, 2.75) is 26.3 Å². The zero-order valence-corrected chi connectivity index (χ0v) is 12.1. The van der Waals surface area contributed by atoms with Gasteiger partial charge in [-0.15, -0.1) is 0 Å². The van der Waals surface area contributed by atoms with Crippen molar-refractivity contribution >= 4 is 17.8 Å². The van der Waals surface area contributed by atoms with Crippen LogP contribution in [0.25, 0.3) is 6.08 Å². The first-order valence-corrected chi connectivity index (χ1v) is 6.82. The maximum Gasteiger partial charge on any atom is 0.343 e. The molecule has 0 unspecified atom stereocenters. The molecular weight excluding hydrogens is 286 g/mol. The largest absolute Gasteiger partial charge is 0.461 e. The van der Waals surface area contributed by atoms with Crippen LogP contribution >= 0.6 is 0 Å². The average Bonchev–Trinajstić information content (AvgIpc) is 2.99. The van der Waals surface area contributed by atoms with Crippen LogP contribution in [0.2, 0.25) is 0 Å². The van der Waals surface area contributed by atoms with E-state index in [1.165, 1.54) is 6.20 Å². The Morgan fingerprint density at radius 2 is 2.41 bits per heavy atom. The number of ether oxygens (including phenoxy) is 1.